The lowest BCUT2D eigenvalue weighted by atomic mass is 9.96. The highest BCUT2D eigenvalue weighted by Gasteiger charge is 2.31. The van der Waals surface area contributed by atoms with Gasteiger partial charge in [0.1, 0.15) is 0 Å². The summed E-state index contributed by atoms with van der Waals surface area (Å²) in [6, 6.07) is 9.61. The first-order valence-electron chi connectivity index (χ1n) is 8.35. The minimum Gasteiger partial charge on any atom is -0.490 e. The van der Waals surface area contributed by atoms with Gasteiger partial charge in [0.15, 0.2) is 11.4 Å². The first-order chi connectivity index (χ1) is 11.6. The molecule has 0 spiro atoms. The van der Waals surface area contributed by atoms with E-state index in [1.807, 2.05) is 44.2 Å². The lowest BCUT2D eigenvalue weighted by molar-refractivity contribution is 0.0243. The van der Waals surface area contributed by atoms with Crippen molar-refractivity contribution in [2.75, 3.05) is 19.7 Å². The van der Waals surface area contributed by atoms with Gasteiger partial charge in [-0.25, -0.2) is 4.68 Å². The maximum absolute atomic E-state index is 12.9. The Morgan fingerprint density at radius 2 is 2.12 bits per heavy atom. The van der Waals surface area contributed by atoms with Crippen LogP contribution in [0.2, 0.25) is 0 Å². The molecule has 2 atom stereocenters. The van der Waals surface area contributed by atoms with E-state index in [0.29, 0.717) is 31.1 Å². The highest BCUT2D eigenvalue weighted by Crippen LogP contribution is 2.24. The van der Waals surface area contributed by atoms with Crippen LogP contribution in [-0.4, -0.2) is 51.5 Å². The number of rotatable bonds is 4. The third-order valence-electron chi connectivity index (χ3n) is 4.41. The van der Waals surface area contributed by atoms with Crippen molar-refractivity contribution in [2.24, 2.45) is 5.92 Å². The number of β-amino-alcohol motifs (C(OH)–C–C–N with tert-alkyl or cyclic N) is 1. The van der Waals surface area contributed by atoms with Gasteiger partial charge in [-0.1, -0.05) is 25.1 Å². The van der Waals surface area contributed by atoms with E-state index in [1.165, 1.54) is 0 Å². The fraction of sp³-hybridized carbons (Fsp3) is 0.444. The van der Waals surface area contributed by atoms with Gasteiger partial charge in [-0.2, -0.15) is 5.10 Å². The number of nitrogens with zero attached hydrogens (tertiary/aromatic N) is 3. The highest BCUT2D eigenvalue weighted by molar-refractivity contribution is 5.95. The van der Waals surface area contributed by atoms with Crippen molar-refractivity contribution in [1.82, 2.24) is 14.7 Å². The van der Waals surface area contributed by atoms with E-state index in [0.717, 1.165) is 12.1 Å². The smallest absolute Gasteiger partial charge is 0.278 e. The van der Waals surface area contributed by atoms with Crippen molar-refractivity contribution in [3.05, 3.63) is 42.2 Å². The molecule has 0 radical (unpaired) electrons. The van der Waals surface area contributed by atoms with Crippen LogP contribution in [0.25, 0.3) is 5.69 Å². The SMILES string of the molecule is CCOc1cn(-c2ccccc2)nc1C(=O)N1CCC(C)C(O)C1. The Morgan fingerprint density at radius 1 is 1.38 bits per heavy atom. The molecule has 1 fully saturated rings. The van der Waals surface area contributed by atoms with Crippen LogP contribution in [-0.2, 0) is 0 Å². The molecule has 0 saturated carbocycles. The zero-order valence-electron chi connectivity index (χ0n) is 14.1. The van der Waals surface area contributed by atoms with Crippen molar-refractivity contribution in [3.8, 4) is 11.4 Å². The van der Waals surface area contributed by atoms with E-state index in [2.05, 4.69) is 5.10 Å². The third-order valence-corrected chi connectivity index (χ3v) is 4.41. The van der Waals surface area contributed by atoms with Crippen LogP contribution in [0.1, 0.15) is 30.8 Å². The van der Waals surface area contributed by atoms with E-state index < -0.39 is 6.10 Å². The Labute approximate surface area is 141 Å². The second-order valence-corrected chi connectivity index (χ2v) is 6.14. The van der Waals surface area contributed by atoms with Crippen LogP contribution >= 0.6 is 0 Å². The molecule has 128 valence electrons. The number of aliphatic hydroxyl groups excluding tert-OH is 1. The average Bonchev–Trinajstić information content (AvgIpc) is 3.02. The molecule has 1 amide bonds. The first kappa shape index (κ1) is 16.5. The number of para-hydroxylation sites is 1. The van der Waals surface area contributed by atoms with Crippen LogP contribution in [0.4, 0.5) is 0 Å². The van der Waals surface area contributed by atoms with Crippen molar-refractivity contribution in [3.63, 3.8) is 0 Å². The van der Waals surface area contributed by atoms with Gasteiger partial charge in [0.25, 0.3) is 5.91 Å². The normalized spacial score (nSPS) is 20.9. The van der Waals surface area contributed by atoms with Crippen molar-refractivity contribution < 1.29 is 14.6 Å². The summed E-state index contributed by atoms with van der Waals surface area (Å²) in [6.07, 6.45) is 2.03. The van der Waals surface area contributed by atoms with E-state index >= 15 is 0 Å². The summed E-state index contributed by atoms with van der Waals surface area (Å²) in [7, 11) is 0. The molecule has 1 aromatic carbocycles. The van der Waals surface area contributed by atoms with E-state index in [4.69, 9.17) is 4.74 Å². The van der Waals surface area contributed by atoms with Gasteiger partial charge < -0.3 is 14.7 Å². The number of likely N-dealkylation sites (tertiary alicyclic amines) is 1. The molecule has 1 aliphatic heterocycles. The molecular weight excluding hydrogens is 306 g/mol. The summed E-state index contributed by atoms with van der Waals surface area (Å²) in [5.41, 5.74) is 1.16. The van der Waals surface area contributed by atoms with Crippen molar-refractivity contribution >= 4 is 5.91 Å². The first-order valence-corrected chi connectivity index (χ1v) is 8.35. The van der Waals surface area contributed by atoms with Crippen LogP contribution in [0.3, 0.4) is 0 Å². The number of carbonyl (C=O) groups excluding carboxylic acids is 1. The molecule has 6 heteroatoms. The molecule has 1 N–H and O–H groups in total. The number of benzene rings is 1. The number of hydrogen-bond acceptors (Lipinski definition) is 4. The topological polar surface area (TPSA) is 67.6 Å². The van der Waals surface area contributed by atoms with E-state index in [-0.39, 0.29) is 11.8 Å². The van der Waals surface area contributed by atoms with Gasteiger partial charge in [-0.15, -0.1) is 0 Å². The monoisotopic (exact) mass is 329 g/mol. The largest absolute Gasteiger partial charge is 0.490 e. The minimum atomic E-state index is -0.491. The summed E-state index contributed by atoms with van der Waals surface area (Å²) in [5, 5.41) is 14.5. The summed E-state index contributed by atoms with van der Waals surface area (Å²) in [4.78, 5) is 14.5. The maximum atomic E-state index is 12.9. The standard InChI is InChI=1S/C18H23N3O3/c1-3-24-16-12-21(14-7-5-4-6-8-14)19-17(16)18(23)20-10-9-13(2)15(22)11-20/h4-8,12-13,15,22H,3,9-11H2,1-2H3. The average molecular weight is 329 g/mol. The number of aromatic nitrogens is 2. The summed E-state index contributed by atoms with van der Waals surface area (Å²) < 4.78 is 7.26. The van der Waals surface area contributed by atoms with Crippen LogP contribution < -0.4 is 4.74 Å². The molecule has 0 aliphatic carbocycles. The molecule has 0 bridgehead atoms. The Bertz CT molecular complexity index is 699. The molecule has 6 nitrogen and oxygen atoms in total. The third kappa shape index (κ3) is 3.28. The zero-order valence-corrected chi connectivity index (χ0v) is 14.1. The van der Waals surface area contributed by atoms with Crippen LogP contribution in [0.5, 0.6) is 5.75 Å². The van der Waals surface area contributed by atoms with Crippen molar-refractivity contribution in [1.29, 1.82) is 0 Å². The predicted molar refractivity (Wildman–Crippen MR) is 90.4 cm³/mol. The molecular formula is C18H23N3O3. The van der Waals surface area contributed by atoms with Gasteiger partial charge in [-0.3, -0.25) is 4.79 Å². The Balaban J connectivity index is 1.88. The molecule has 2 heterocycles. The Hall–Kier alpha value is -2.34. The summed E-state index contributed by atoms with van der Waals surface area (Å²) in [6.45, 7) is 5.30. The van der Waals surface area contributed by atoms with Gasteiger partial charge >= 0.3 is 0 Å². The van der Waals surface area contributed by atoms with Crippen LogP contribution in [0, 0.1) is 5.92 Å². The zero-order chi connectivity index (χ0) is 17.1. The molecule has 1 aliphatic rings. The van der Waals surface area contributed by atoms with E-state index in [1.54, 1.807) is 15.8 Å². The van der Waals surface area contributed by atoms with Gasteiger partial charge in [-0.05, 0) is 31.4 Å². The molecule has 2 aromatic rings. The van der Waals surface area contributed by atoms with Gasteiger partial charge in [0.05, 0.1) is 24.6 Å². The predicted octanol–water partition coefficient (Wildman–Crippen LogP) is 2.11. The number of aliphatic hydroxyl groups is 1. The lowest BCUT2D eigenvalue weighted by Crippen LogP contribution is -2.46. The Morgan fingerprint density at radius 3 is 2.79 bits per heavy atom. The summed E-state index contributed by atoms with van der Waals surface area (Å²) >= 11 is 0. The molecule has 24 heavy (non-hydrogen) atoms. The second kappa shape index (κ2) is 7.05. The molecule has 2 unspecified atom stereocenters. The fourth-order valence-electron chi connectivity index (χ4n) is 2.86. The van der Waals surface area contributed by atoms with E-state index in [9.17, 15) is 9.90 Å². The fourth-order valence-corrected chi connectivity index (χ4v) is 2.86. The second-order valence-electron chi connectivity index (χ2n) is 6.14. The maximum Gasteiger partial charge on any atom is 0.278 e. The molecule has 3 rings (SSSR count). The van der Waals surface area contributed by atoms with Crippen LogP contribution in [0.15, 0.2) is 36.5 Å². The lowest BCUT2D eigenvalue weighted by Gasteiger charge is -2.33. The number of amides is 1. The Kier molecular flexibility index (Phi) is 4.85. The number of carbonyl (C=O) groups is 1. The highest BCUT2D eigenvalue weighted by atomic mass is 16.5. The number of piperidine rings is 1. The van der Waals surface area contributed by atoms with Gasteiger partial charge in [0, 0.05) is 13.1 Å². The minimum absolute atomic E-state index is 0.195. The number of ether oxygens (including phenoxy) is 1. The van der Waals surface area contributed by atoms with Crippen molar-refractivity contribution in [2.45, 2.75) is 26.4 Å². The van der Waals surface area contributed by atoms with Gasteiger partial charge in [0.2, 0.25) is 0 Å². The molecule has 1 aromatic heterocycles. The summed E-state index contributed by atoms with van der Waals surface area (Å²) in [5.74, 6) is 0.487. The quantitative estimate of drug-likeness (QED) is 0.933. The molecule has 1 saturated heterocycles. The number of hydrogen-bond donors (Lipinski definition) is 1.